The van der Waals surface area contributed by atoms with Gasteiger partial charge in [-0.15, -0.1) is 0 Å². The Morgan fingerprint density at radius 1 is 1.17 bits per heavy atom. The van der Waals surface area contributed by atoms with Crippen LogP contribution in [0, 0.1) is 0 Å². The number of hydrogen-bond donors (Lipinski definition) is 0. The van der Waals surface area contributed by atoms with Crippen LogP contribution in [0.15, 0.2) is 53.1 Å². The topological polar surface area (TPSA) is 59.2 Å². The van der Waals surface area contributed by atoms with Gasteiger partial charge >= 0.3 is 6.18 Å². The number of likely N-dealkylation sites (tertiary alicyclic amines) is 1. The fraction of sp³-hybridized carbons (Fsp3) is 0.250. The Morgan fingerprint density at radius 2 is 1.97 bits per heavy atom. The van der Waals surface area contributed by atoms with Gasteiger partial charge in [-0.25, -0.2) is 0 Å². The molecule has 5 nitrogen and oxygen atoms in total. The molecule has 1 aromatic heterocycles. The zero-order valence-electron chi connectivity index (χ0n) is 15.0. The average Bonchev–Trinajstić information content (AvgIpc) is 3.29. The van der Waals surface area contributed by atoms with Gasteiger partial charge in [0.1, 0.15) is 6.04 Å². The van der Waals surface area contributed by atoms with Crippen LogP contribution in [0.4, 0.5) is 13.2 Å². The van der Waals surface area contributed by atoms with E-state index in [1.165, 1.54) is 11.0 Å². The minimum absolute atomic E-state index is 0.0301. The molecule has 2 aromatic carbocycles. The van der Waals surface area contributed by atoms with Gasteiger partial charge < -0.3 is 9.42 Å². The van der Waals surface area contributed by atoms with Crippen LogP contribution < -0.4 is 0 Å². The molecule has 1 unspecified atom stereocenters. The first kappa shape index (κ1) is 19.4. The zero-order chi connectivity index (χ0) is 20.6. The highest BCUT2D eigenvalue weighted by atomic mass is 35.5. The van der Waals surface area contributed by atoms with Crippen LogP contribution in [0.5, 0.6) is 0 Å². The van der Waals surface area contributed by atoms with Crippen LogP contribution in [0.25, 0.3) is 11.4 Å². The van der Waals surface area contributed by atoms with E-state index in [4.69, 9.17) is 16.1 Å². The molecule has 0 aliphatic carbocycles. The van der Waals surface area contributed by atoms with Crippen molar-refractivity contribution >= 4 is 17.5 Å². The first-order valence-corrected chi connectivity index (χ1v) is 9.24. The lowest BCUT2D eigenvalue weighted by molar-refractivity contribution is -0.137. The van der Waals surface area contributed by atoms with E-state index in [0.717, 1.165) is 12.1 Å². The van der Waals surface area contributed by atoms with E-state index in [9.17, 15) is 18.0 Å². The van der Waals surface area contributed by atoms with Crippen LogP contribution >= 0.6 is 11.6 Å². The predicted octanol–water partition coefficient (Wildman–Crippen LogP) is 5.27. The molecule has 9 heteroatoms. The van der Waals surface area contributed by atoms with Gasteiger partial charge in [0.15, 0.2) is 0 Å². The van der Waals surface area contributed by atoms with E-state index in [0.29, 0.717) is 28.4 Å². The first-order valence-electron chi connectivity index (χ1n) is 8.86. The van der Waals surface area contributed by atoms with Crippen LogP contribution in [-0.4, -0.2) is 20.9 Å². The van der Waals surface area contributed by atoms with Crippen LogP contribution in [-0.2, 0) is 17.5 Å². The van der Waals surface area contributed by atoms with Crippen molar-refractivity contribution in [3.05, 3.63) is 70.6 Å². The van der Waals surface area contributed by atoms with E-state index in [1.54, 1.807) is 30.3 Å². The van der Waals surface area contributed by atoms with Crippen molar-refractivity contribution in [1.82, 2.24) is 15.0 Å². The largest absolute Gasteiger partial charge is 0.416 e. The first-order chi connectivity index (χ1) is 13.8. The molecule has 0 spiro atoms. The van der Waals surface area contributed by atoms with Crippen molar-refractivity contribution < 1.29 is 22.5 Å². The van der Waals surface area contributed by atoms with E-state index in [-0.39, 0.29) is 24.8 Å². The van der Waals surface area contributed by atoms with Gasteiger partial charge in [-0.2, -0.15) is 18.2 Å². The number of halogens is 4. The van der Waals surface area contributed by atoms with Gasteiger partial charge in [-0.05, 0) is 36.2 Å². The van der Waals surface area contributed by atoms with Crippen molar-refractivity contribution in [3.63, 3.8) is 0 Å². The Hall–Kier alpha value is -2.87. The van der Waals surface area contributed by atoms with Gasteiger partial charge in [-0.1, -0.05) is 41.0 Å². The number of nitrogens with zero attached hydrogens (tertiary/aromatic N) is 3. The smallest absolute Gasteiger partial charge is 0.337 e. The standard InChI is InChI=1S/C20H15ClF3N3O2/c21-15-6-2-4-13(10-15)18-25-19(29-26-18)16-7-8-17(28)27(16)11-12-3-1-5-14(9-12)20(22,23)24/h1-6,9-10,16H,7-8,11H2. The van der Waals surface area contributed by atoms with E-state index >= 15 is 0 Å². The molecule has 0 N–H and O–H groups in total. The SMILES string of the molecule is O=C1CCC(c2nc(-c3cccc(Cl)c3)no2)N1Cc1cccc(C(F)(F)F)c1. The van der Waals surface area contributed by atoms with Crippen molar-refractivity contribution in [2.24, 2.45) is 0 Å². The van der Waals surface area contributed by atoms with Crippen molar-refractivity contribution in [2.45, 2.75) is 31.6 Å². The highest BCUT2D eigenvalue weighted by molar-refractivity contribution is 6.30. The number of benzene rings is 2. The zero-order valence-corrected chi connectivity index (χ0v) is 15.7. The number of hydrogen-bond acceptors (Lipinski definition) is 4. The molecule has 0 radical (unpaired) electrons. The van der Waals surface area contributed by atoms with E-state index < -0.39 is 17.8 Å². The molecule has 1 saturated heterocycles. The quantitative estimate of drug-likeness (QED) is 0.575. The van der Waals surface area contributed by atoms with Crippen molar-refractivity contribution in [1.29, 1.82) is 0 Å². The maximum Gasteiger partial charge on any atom is 0.416 e. The van der Waals surface area contributed by atoms with Crippen molar-refractivity contribution in [3.8, 4) is 11.4 Å². The minimum Gasteiger partial charge on any atom is -0.337 e. The molecule has 0 bridgehead atoms. The Bertz CT molecular complexity index is 1050. The van der Waals surface area contributed by atoms with Gasteiger partial charge in [0.05, 0.1) is 5.56 Å². The number of carbonyl (C=O) groups is 1. The second-order valence-electron chi connectivity index (χ2n) is 6.74. The summed E-state index contributed by atoms with van der Waals surface area (Å²) in [6.45, 7) is 0.0301. The van der Waals surface area contributed by atoms with Gasteiger partial charge in [0.2, 0.25) is 17.6 Å². The molecule has 1 aliphatic heterocycles. The summed E-state index contributed by atoms with van der Waals surface area (Å²) in [6.07, 6.45) is -3.73. The van der Waals surface area contributed by atoms with Crippen LogP contribution in [0.3, 0.4) is 0 Å². The molecule has 0 saturated carbocycles. The lowest BCUT2D eigenvalue weighted by Crippen LogP contribution is -2.27. The summed E-state index contributed by atoms with van der Waals surface area (Å²) in [4.78, 5) is 18.2. The average molecular weight is 422 g/mol. The lowest BCUT2D eigenvalue weighted by atomic mass is 10.1. The summed E-state index contributed by atoms with van der Waals surface area (Å²) in [5, 5.41) is 4.48. The number of amides is 1. The highest BCUT2D eigenvalue weighted by Gasteiger charge is 2.36. The van der Waals surface area contributed by atoms with E-state index in [1.807, 2.05) is 0 Å². The summed E-state index contributed by atoms with van der Waals surface area (Å²) in [6, 6.07) is 11.4. The number of carbonyl (C=O) groups excluding carboxylic acids is 1. The molecule has 29 heavy (non-hydrogen) atoms. The summed E-state index contributed by atoms with van der Waals surface area (Å²) in [5.41, 5.74) is 0.301. The molecule has 1 aliphatic rings. The minimum atomic E-state index is -4.44. The fourth-order valence-corrected chi connectivity index (χ4v) is 3.54. The molecule has 3 aromatic rings. The highest BCUT2D eigenvalue weighted by Crippen LogP contribution is 2.35. The molecule has 1 fully saturated rings. The summed E-state index contributed by atoms with van der Waals surface area (Å²) < 4.78 is 44.3. The molecule has 1 atom stereocenters. The predicted molar refractivity (Wildman–Crippen MR) is 98.7 cm³/mol. The van der Waals surface area contributed by atoms with Gasteiger partial charge in [0.25, 0.3) is 0 Å². The van der Waals surface area contributed by atoms with E-state index in [2.05, 4.69) is 10.1 Å². The summed E-state index contributed by atoms with van der Waals surface area (Å²) >= 11 is 5.99. The third kappa shape index (κ3) is 4.12. The normalized spacial score (nSPS) is 17.2. The Kier molecular flexibility index (Phi) is 5.04. The second kappa shape index (κ2) is 7.51. The molecule has 2 heterocycles. The Balaban J connectivity index is 1.58. The lowest BCUT2D eigenvalue weighted by Gasteiger charge is -2.22. The van der Waals surface area contributed by atoms with Crippen molar-refractivity contribution in [2.75, 3.05) is 0 Å². The number of aromatic nitrogens is 2. The number of alkyl halides is 3. The molecule has 150 valence electrons. The van der Waals surface area contributed by atoms with Gasteiger partial charge in [0, 0.05) is 23.6 Å². The molecular formula is C20H15ClF3N3O2. The maximum atomic E-state index is 13.0. The number of rotatable bonds is 4. The monoisotopic (exact) mass is 421 g/mol. The van der Waals surface area contributed by atoms with Crippen LogP contribution in [0.1, 0.15) is 35.9 Å². The maximum absolute atomic E-state index is 13.0. The van der Waals surface area contributed by atoms with Gasteiger partial charge in [-0.3, -0.25) is 4.79 Å². The molecular weight excluding hydrogens is 407 g/mol. The Labute approximate surface area is 169 Å². The second-order valence-corrected chi connectivity index (χ2v) is 7.18. The molecule has 1 amide bonds. The molecule has 4 rings (SSSR count). The third-order valence-electron chi connectivity index (χ3n) is 4.75. The van der Waals surface area contributed by atoms with Crippen LogP contribution in [0.2, 0.25) is 5.02 Å². The Morgan fingerprint density at radius 3 is 2.72 bits per heavy atom. The fourth-order valence-electron chi connectivity index (χ4n) is 3.35. The summed E-state index contributed by atoms with van der Waals surface area (Å²) in [7, 11) is 0. The summed E-state index contributed by atoms with van der Waals surface area (Å²) in [5.74, 6) is 0.411. The third-order valence-corrected chi connectivity index (χ3v) is 4.98.